The van der Waals surface area contributed by atoms with Crippen molar-refractivity contribution in [3.05, 3.63) is 28.3 Å². The first-order chi connectivity index (χ1) is 9.01. The summed E-state index contributed by atoms with van der Waals surface area (Å²) >= 11 is 0. The van der Waals surface area contributed by atoms with E-state index in [1.807, 2.05) is 13.8 Å². The number of nitrogens with one attached hydrogen (secondary N) is 1. The number of rotatable bonds is 7. The Kier molecular flexibility index (Phi) is 5.11. The molecule has 6 nitrogen and oxygen atoms in total. The summed E-state index contributed by atoms with van der Waals surface area (Å²) in [4.78, 5) is 10.3. The van der Waals surface area contributed by atoms with Gasteiger partial charge in [0.2, 0.25) is 0 Å². The van der Waals surface area contributed by atoms with Gasteiger partial charge in [-0.1, -0.05) is 13.8 Å². The smallest absolute Gasteiger partial charge is 0.311 e. The van der Waals surface area contributed by atoms with Crippen LogP contribution in [-0.2, 0) is 0 Å². The van der Waals surface area contributed by atoms with Gasteiger partial charge in [0.1, 0.15) is 0 Å². The summed E-state index contributed by atoms with van der Waals surface area (Å²) in [7, 11) is 1.39. The highest BCUT2D eigenvalue weighted by Crippen LogP contribution is 2.31. The zero-order valence-corrected chi connectivity index (χ0v) is 11.5. The molecule has 0 heterocycles. The first kappa shape index (κ1) is 15.2. The van der Waals surface area contributed by atoms with Crippen LogP contribution in [0.3, 0.4) is 0 Å². The minimum Gasteiger partial charge on any atom is -0.490 e. The van der Waals surface area contributed by atoms with Gasteiger partial charge in [-0.2, -0.15) is 0 Å². The molecule has 0 unspecified atom stereocenters. The number of anilines is 1. The second kappa shape index (κ2) is 6.38. The molecule has 1 aromatic carbocycles. The predicted octanol–water partition coefficient (Wildman–Crippen LogP) is 2.57. The lowest BCUT2D eigenvalue weighted by Crippen LogP contribution is -2.40. The number of methoxy groups -OCH3 is 1. The zero-order chi connectivity index (χ0) is 14.5. The lowest BCUT2D eigenvalue weighted by Gasteiger charge is -2.32. The molecule has 1 aromatic rings. The molecule has 0 aliphatic rings. The van der Waals surface area contributed by atoms with Gasteiger partial charge in [-0.15, -0.1) is 0 Å². The molecular weight excluding hydrogens is 248 g/mol. The number of ether oxygens (including phenoxy) is 1. The summed E-state index contributed by atoms with van der Waals surface area (Å²) in [6.45, 7) is 3.96. The lowest BCUT2D eigenvalue weighted by molar-refractivity contribution is -0.385. The third-order valence-corrected chi connectivity index (χ3v) is 3.44. The van der Waals surface area contributed by atoms with Gasteiger partial charge in [-0.05, 0) is 18.9 Å². The van der Waals surface area contributed by atoms with E-state index in [4.69, 9.17) is 4.74 Å². The zero-order valence-electron chi connectivity index (χ0n) is 11.5. The van der Waals surface area contributed by atoms with Crippen LogP contribution in [0.4, 0.5) is 11.4 Å². The van der Waals surface area contributed by atoms with Crippen molar-refractivity contribution in [2.75, 3.05) is 19.0 Å². The molecule has 0 radical (unpaired) electrons. The minimum atomic E-state index is -0.485. The van der Waals surface area contributed by atoms with Gasteiger partial charge >= 0.3 is 5.69 Å². The van der Waals surface area contributed by atoms with E-state index >= 15 is 0 Å². The van der Waals surface area contributed by atoms with Crippen LogP contribution in [0, 0.1) is 10.1 Å². The Balaban J connectivity index is 3.06. The number of aliphatic hydroxyl groups is 1. The van der Waals surface area contributed by atoms with Crippen molar-refractivity contribution in [3.63, 3.8) is 0 Å². The van der Waals surface area contributed by atoms with Crippen molar-refractivity contribution < 1.29 is 14.8 Å². The van der Waals surface area contributed by atoms with Crippen LogP contribution in [0.5, 0.6) is 5.75 Å². The van der Waals surface area contributed by atoms with E-state index in [9.17, 15) is 15.2 Å². The first-order valence-corrected chi connectivity index (χ1v) is 6.23. The van der Waals surface area contributed by atoms with Gasteiger partial charge in [0.25, 0.3) is 0 Å². The highest BCUT2D eigenvalue weighted by atomic mass is 16.6. The quantitative estimate of drug-likeness (QED) is 0.586. The van der Waals surface area contributed by atoms with Crippen molar-refractivity contribution in [3.8, 4) is 5.75 Å². The number of benzene rings is 1. The second-order valence-corrected chi connectivity index (χ2v) is 4.41. The third kappa shape index (κ3) is 3.35. The molecule has 2 N–H and O–H groups in total. The van der Waals surface area contributed by atoms with Crippen LogP contribution in [0.15, 0.2) is 18.2 Å². The fourth-order valence-corrected chi connectivity index (χ4v) is 1.90. The van der Waals surface area contributed by atoms with Crippen LogP contribution in [0.1, 0.15) is 26.7 Å². The number of aliphatic hydroxyl groups excluding tert-OH is 1. The van der Waals surface area contributed by atoms with Crippen molar-refractivity contribution in [1.29, 1.82) is 0 Å². The molecule has 0 saturated carbocycles. The topological polar surface area (TPSA) is 84.6 Å². The Morgan fingerprint density at radius 1 is 1.42 bits per heavy atom. The molecule has 0 bridgehead atoms. The highest BCUT2D eigenvalue weighted by molar-refractivity contribution is 5.58. The maximum atomic E-state index is 10.8. The fraction of sp³-hybridized carbons (Fsp3) is 0.538. The van der Waals surface area contributed by atoms with Crippen molar-refractivity contribution >= 4 is 11.4 Å². The van der Waals surface area contributed by atoms with E-state index in [2.05, 4.69) is 5.32 Å². The molecule has 0 aromatic heterocycles. The molecule has 0 aliphatic carbocycles. The number of nitro benzene ring substituents is 1. The molecular formula is C13H20N2O4. The van der Waals surface area contributed by atoms with Gasteiger partial charge in [0.05, 0.1) is 24.2 Å². The molecule has 1 rings (SSSR count). The molecule has 0 spiro atoms. The Bertz CT molecular complexity index is 436. The van der Waals surface area contributed by atoms with Crippen LogP contribution in [-0.4, -0.2) is 29.3 Å². The average molecular weight is 268 g/mol. The van der Waals surface area contributed by atoms with Crippen LogP contribution in [0.2, 0.25) is 0 Å². The average Bonchev–Trinajstić information content (AvgIpc) is 2.44. The Hall–Kier alpha value is -1.82. The summed E-state index contributed by atoms with van der Waals surface area (Å²) in [6, 6.07) is 4.60. The van der Waals surface area contributed by atoms with Crippen LogP contribution < -0.4 is 10.1 Å². The molecule has 0 amide bonds. The Morgan fingerprint density at radius 3 is 2.47 bits per heavy atom. The van der Waals surface area contributed by atoms with Crippen molar-refractivity contribution in [1.82, 2.24) is 0 Å². The van der Waals surface area contributed by atoms with E-state index in [1.165, 1.54) is 13.2 Å². The van der Waals surface area contributed by atoms with Gasteiger partial charge in [0, 0.05) is 17.8 Å². The summed E-state index contributed by atoms with van der Waals surface area (Å²) in [6.07, 6.45) is 1.50. The highest BCUT2D eigenvalue weighted by Gasteiger charge is 2.25. The van der Waals surface area contributed by atoms with Gasteiger partial charge in [-0.3, -0.25) is 10.1 Å². The summed E-state index contributed by atoms with van der Waals surface area (Å²) in [5.41, 5.74) is 0.206. The minimum absolute atomic E-state index is 0.000691. The standard InChI is InChI=1S/C13H20N2O4/c1-4-13(5-2,9-16)14-10-6-7-11(15(17)18)12(8-10)19-3/h6-8,14,16H,4-5,9H2,1-3H3. The molecule has 0 aliphatic heterocycles. The van der Waals surface area contributed by atoms with E-state index in [-0.39, 0.29) is 18.0 Å². The van der Waals surface area contributed by atoms with E-state index in [1.54, 1.807) is 12.1 Å². The van der Waals surface area contributed by atoms with E-state index in [0.29, 0.717) is 5.69 Å². The Labute approximate surface area is 112 Å². The number of nitrogens with zero attached hydrogens (tertiary/aromatic N) is 1. The largest absolute Gasteiger partial charge is 0.490 e. The summed E-state index contributed by atoms with van der Waals surface area (Å²) < 4.78 is 5.02. The summed E-state index contributed by atoms with van der Waals surface area (Å²) in [5.74, 6) is 0.203. The lowest BCUT2D eigenvalue weighted by atomic mass is 9.93. The van der Waals surface area contributed by atoms with Crippen molar-refractivity contribution in [2.24, 2.45) is 0 Å². The maximum Gasteiger partial charge on any atom is 0.311 e. The third-order valence-electron chi connectivity index (χ3n) is 3.44. The van der Waals surface area contributed by atoms with Gasteiger partial charge in [0.15, 0.2) is 5.75 Å². The second-order valence-electron chi connectivity index (χ2n) is 4.41. The van der Waals surface area contributed by atoms with Gasteiger partial charge in [-0.25, -0.2) is 0 Å². The Morgan fingerprint density at radius 2 is 2.05 bits per heavy atom. The molecule has 19 heavy (non-hydrogen) atoms. The fourth-order valence-electron chi connectivity index (χ4n) is 1.90. The number of hydrogen-bond donors (Lipinski definition) is 2. The number of hydrogen-bond acceptors (Lipinski definition) is 5. The molecule has 0 atom stereocenters. The summed E-state index contributed by atoms with van der Waals surface area (Å²) in [5, 5.41) is 23.5. The normalized spacial score (nSPS) is 11.2. The van der Waals surface area contributed by atoms with Crippen molar-refractivity contribution in [2.45, 2.75) is 32.2 Å². The molecule has 0 fully saturated rings. The monoisotopic (exact) mass is 268 g/mol. The van der Waals surface area contributed by atoms with Crippen LogP contribution in [0.25, 0.3) is 0 Å². The van der Waals surface area contributed by atoms with Gasteiger partial charge < -0.3 is 15.2 Å². The molecule has 6 heteroatoms. The predicted molar refractivity (Wildman–Crippen MR) is 73.7 cm³/mol. The molecule has 0 saturated heterocycles. The van der Waals surface area contributed by atoms with E-state index < -0.39 is 10.5 Å². The maximum absolute atomic E-state index is 10.8. The molecule has 106 valence electrons. The van der Waals surface area contributed by atoms with E-state index in [0.717, 1.165) is 12.8 Å². The first-order valence-electron chi connectivity index (χ1n) is 6.23. The number of nitro groups is 1. The van der Waals surface area contributed by atoms with Crippen LogP contribution >= 0.6 is 0 Å². The SMILES string of the molecule is CCC(CC)(CO)Nc1ccc([N+](=O)[O-])c(OC)c1.